The van der Waals surface area contributed by atoms with Crippen molar-refractivity contribution in [3.8, 4) is 0 Å². The van der Waals surface area contributed by atoms with Crippen LogP contribution in [0.2, 0.25) is 0 Å². The van der Waals surface area contributed by atoms with Crippen molar-refractivity contribution in [2.75, 3.05) is 6.54 Å². The van der Waals surface area contributed by atoms with Gasteiger partial charge in [-0.2, -0.15) is 0 Å². The third-order valence-corrected chi connectivity index (χ3v) is 1.81. The molecule has 0 bridgehead atoms. The van der Waals surface area contributed by atoms with E-state index in [-0.39, 0.29) is 0 Å². The van der Waals surface area contributed by atoms with Gasteiger partial charge in [0.05, 0.1) is 0 Å². The van der Waals surface area contributed by atoms with Crippen LogP contribution in [0.5, 0.6) is 0 Å². The van der Waals surface area contributed by atoms with Gasteiger partial charge in [0.2, 0.25) is 0 Å². The summed E-state index contributed by atoms with van der Waals surface area (Å²) in [5.41, 5.74) is 1.27. The van der Waals surface area contributed by atoms with Gasteiger partial charge in [-0.05, 0) is 24.9 Å². The van der Waals surface area contributed by atoms with Gasteiger partial charge in [0.25, 0.3) is 0 Å². The fourth-order valence-corrected chi connectivity index (χ4v) is 1.17. The minimum Gasteiger partial charge on any atom is -0.413 e. The molecule has 0 saturated carbocycles. The van der Waals surface area contributed by atoms with Crippen LogP contribution in [0, 0.1) is 0 Å². The Morgan fingerprint density at radius 3 is 2.46 bits per heavy atom. The smallest absolute Gasteiger partial charge is 0.413 e. The van der Waals surface area contributed by atoms with Crippen molar-refractivity contribution < 1.29 is 10.0 Å². The minimum atomic E-state index is -1.39. The molecule has 0 heterocycles. The highest BCUT2D eigenvalue weighted by Gasteiger charge is 2.03. The van der Waals surface area contributed by atoms with E-state index < -0.39 is 7.25 Å². The Hall–Kier alpha value is -0.835. The lowest BCUT2D eigenvalue weighted by atomic mass is 10.1. The van der Waals surface area contributed by atoms with Crippen LogP contribution in [0.4, 0.5) is 0 Å². The zero-order valence-corrected chi connectivity index (χ0v) is 7.48. The van der Waals surface area contributed by atoms with Crippen molar-refractivity contribution in [2.24, 2.45) is 0 Å². The van der Waals surface area contributed by atoms with Gasteiger partial charge in [0.1, 0.15) is 0 Å². The predicted octanol–water partition coefficient (Wildman–Crippen LogP) is 0.178. The Labute approximate surface area is 78.6 Å². The van der Waals surface area contributed by atoms with E-state index >= 15 is 0 Å². The van der Waals surface area contributed by atoms with E-state index in [4.69, 9.17) is 10.0 Å². The van der Waals surface area contributed by atoms with Crippen molar-refractivity contribution in [1.82, 2.24) is 5.23 Å². The van der Waals surface area contributed by atoms with E-state index in [2.05, 4.69) is 17.4 Å². The molecule has 1 aromatic rings. The summed E-state index contributed by atoms with van der Waals surface area (Å²) < 4.78 is 0. The topological polar surface area (TPSA) is 52.5 Å². The number of hydrogen-bond acceptors (Lipinski definition) is 3. The summed E-state index contributed by atoms with van der Waals surface area (Å²) in [5, 5.41) is 19.5. The molecule has 0 fully saturated rings. The van der Waals surface area contributed by atoms with Crippen molar-refractivity contribution in [2.45, 2.75) is 12.8 Å². The molecule has 1 aromatic carbocycles. The van der Waals surface area contributed by atoms with Gasteiger partial charge in [-0.3, -0.25) is 0 Å². The van der Waals surface area contributed by atoms with E-state index in [0.717, 1.165) is 12.8 Å². The van der Waals surface area contributed by atoms with E-state index in [0.29, 0.717) is 6.54 Å². The standard InChI is InChI=1S/C9H14BNO2/c12-10(13)11-8-4-7-9-5-2-1-3-6-9/h1-3,5-6,11-13H,4,7-8H2. The van der Waals surface area contributed by atoms with Crippen molar-refractivity contribution in [1.29, 1.82) is 0 Å². The molecule has 0 aliphatic heterocycles. The third kappa shape index (κ3) is 4.67. The monoisotopic (exact) mass is 179 g/mol. The number of benzene rings is 1. The molecule has 0 radical (unpaired) electrons. The average molecular weight is 179 g/mol. The Balaban J connectivity index is 2.13. The minimum absolute atomic E-state index is 0.618. The average Bonchev–Trinajstić information content (AvgIpc) is 2.14. The van der Waals surface area contributed by atoms with E-state index in [1.54, 1.807) is 0 Å². The summed E-state index contributed by atoms with van der Waals surface area (Å²) in [6.07, 6.45) is 1.86. The van der Waals surface area contributed by atoms with Gasteiger partial charge in [-0.15, -0.1) is 0 Å². The molecular weight excluding hydrogens is 165 g/mol. The molecular formula is C9H14BNO2. The van der Waals surface area contributed by atoms with Crippen LogP contribution in [0.3, 0.4) is 0 Å². The first kappa shape index (κ1) is 10.2. The normalized spacial score (nSPS) is 10.0. The zero-order chi connectivity index (χ0) is 9.52. The fraction of sp³-hybridized carbons (Fsp3) is 0.333. The van der Waals surface area contributed by atoms with Crippen LogP contribution in [0.1, 0.15) is 12.0 Å². The molecule has 70 valence electrons. The molecule has 0 spiro atoms. The number of nitrogens with one attached hydrogen (secondary N) is 1. The lowest BCUT2D eigenvalue weighted by Crippen LogP contribution is -2.34. The van der Waals surface area contributed by atoms with E-state index in [9.17, 15) is 0 Å². The molecule has 3 N–H and O–H groups in total. The molecule has 0 unspecified atom stereocenters. The molecule has 0 aromatic heterocycles. The van der Waals surface area contributed by atoms with E-state index in [1.165, 1.54) is 5.56 Å². The molecule has 4 heteroatoms. The van der Waals surface area contributed by atoms with Crippen LogP contribution >= 0.6 is 0 Å². The maximum atomic E-state index is 8.49. The highest BCUT2D eigenvalue weighted by Crippen LogP contribution is 2.01. The SMILES string of the molecule is OB(O)NCCCc1ccccc1. The number of aryl methyl sites for hydroxylation is 1. The van der Waals surface area contributed by atoms with Crippen LogP contribution in [-0.2, 0) is 6.42 Å². The van der Waals surface area contributed by atoms with Gasteiger partial charge in [0, 0.05) is 0 Å². The van der Waals surface area contributed by atoms with Crippen molar-refractivity contribution in [3.05, 3.63) is 35.9 Å². The second-order valence-corrected chi connectivity index (χ2v) is 2.92. The lowest BCUT2D eigenvalue weighted by molar-refractivity contribution is 0.385. The fourth-order valence-electron chi connectivity index (χ4n) is 1.17. The van der Waals surface area contributed by atoms with E-state index in [1.807, 2.05) is 18.2 Å². The molecule has 1 rings (SSSR count). The molecule has 0 saturated heterocycles. The molecule has 3 nitrogen and oxygen atoms in total. The molecule has 0 aliphatic rings. The second-order valence-electron chi connectivity index (χ2n) is 2.92. The van der Waals surface area contributed by atoms with Gasteiger partial charge in [0.15, 0.2) is 0 Å². The maximum Gasteiger partial charge on any atom is 0.549 e. The van der Waals surface area contributed by atoms with Gasteiger partial charge < -0.3 is 15.3 Å². The van der Waals surface area contributed by atoms with Crippen molar-refractivity contribution >= 4 is 7.25 Å². The first-order chi connectivity index (χ1) is 6.29. The molecule has 0 aliphatic carbocycles. The predicted molar refractivity (Wildman–Crippen MR) is 53.0 cm³/mol. The Bertz CT molecular complexity index is 228. The highest BCUT2D eigenvalue weighted by molar-refractivity contribution is 6.37. The second kappa shape index (κ2) is 5.75. The van der Waals surface area contributed by atoms with Crippen molar-refractivity contribution in [3.63, 3.8) is 0 Å². The van der Waals surface area contributed by atoms with Gasteiger partial charge in [-0.1, -0.05) is 30.3 Å². The highest BCUT2D eigenvalue weighted by atomic mass is 16.4. The van der Waals surface area contributed by atoms with Gasteiger partial charge in [-0.25, -0.2) is 0 Å². The first-order valence-electron chi connectivity index (χ1n) is 4.42. The largest absolute Gasteiger partial charge is 0.549 e. The summed E-state index contributed by atoms with van der Waals surface area (Å²) in [4.78, 5) is 0. The van der Waals surface area contributed by atoms with Crippen LogP contribution < -0.4 is 5.23 Å². The van der Waals surface area contributed by atoms with Gasteiger partial charge >= 0.3 is 7.25 Å². The van der Waals surface area contributed by atoms with Crippen LogP contribution in [0.25, 0.3) is 0 Å². The summed E-state index contributed by atoms with van der Waals surface area (Å²) in [6.45, 7) is 0.618. The number of rotatable bonds is 5. The number of hydrogen-bond donors (Lipinski definition) is 3. The quantitative estimate of drug-likeness (QED) is 0.446. The zero-order valence-electron chi connectivity index (χ0n) is 7.48. The first-order valence-corrected chi connectivity index (χ1v) is 4.42. The molecule has 0 atom stereocenters. The Morgan fingerprint density at radius 1 is 1.15 bits per heavy atom. The Morgan fingerprint density at radius 2 is 1.85 bits per heavy atom. The third-order valence-electron chi connectivity index (χ3n) is 1.81. The summed E-state index contributed by atoms with van der Waals surface area (Å²) in [6, 6.07) is 10.1. The van der Waals surface area contributed by atoms with Crippen LogP contribution in [0.15, 0.2) is 30.3 Å². The summed E-state index contributed by atoms with van der Waals surface area (Å²) in [5.74, 6) is 0. The van der Waals surface area contributed by atoms with Crippen LogP contribution in [-0.4, -0.2) is 23.8 Å². The maximum absolute atomic E-state index is 8.49. The molecule has 13 heavy (non-hydrogen) atoms. The Kier molecular flexibility index (Phi) is 4.53. The summed E-state index contributed by atoms with van der Waals surface area (Å²) >= 11 is 0. The summed E-state index contributed by atoms with van der Waals surface area (Å²) in [7, 11) is -1.39. The lowest BCUT2D eigenvalue weighted by Gasteiger charge is -2.02. The molecule has 0 amide bonds.